The molecule has 1 saturated heterocycles. The topological polar surface area (TPSA) is 112 Å². The maximum Gasteiger partial charge on any atom is 0.260 e. The first-order valence-corrected chi connectivity index (χ1v) is 10.9. The van der Waals surface area contributed by atoms with Crippen molar-refractivity contribution in [2.45, 2.75) is 45.2 Å². The number of amides is 1. The average molecular weight is 472 g/mol. The monoisotopic (exact) mass is 471 g/mol. The van der Waals surface area contributed by atoms with Gasteiger partial charge in [-0.05, 0) is 25.5 Å². The highest BCUT2D eigenvalue weighted by atomic mass is 19.3. The Hall–Kier alpha value is -3.52. The Labute approximate surface area is 196 Å². The highest BCUT2D eigenvalue weighted by molar-refractivity contribution is 5.75. The van der Waals surface area contributed by atoms with Crippen molar-refractivity contribution in [3.63, 3.8) is 0 Å². The molecule has 180 valence electrons. The zero-order chi connectivity index (χ0) is 24.9. The summed E-state index contributed by atoms with van der Waals surface area (Å²) in [5.41, 5.74) is 8.92. The van der Waals surface area contributed by atoms with E-state index in [4.69, 9.17) is 10.5 Å². The normalized spacial score (nSPS) is 19.1. The van der Waals surface area contributed by atoms with Crippen molar-refractivity contribution in [3.8, 4) is 11.8 Å². The van der Waals surface area contributed by atoms with Crippen molar-refractivity contribution in [1.82, 2.24) is 19.9 Å². The Balaban J connectivity index is 1.84. The molecule has 0 bridgehead atoms. The van der Waals surface area contributed by atoms with Gasteiger partial charge >= 0.3 is 0 Å². The van der Waals surface area contributed by atoms with Gasteiger partial charge in [-0.3, -0.25) is 9.80 Å². The Bertz CT molecular complexity index is 1180. The Kier molecular flexibility index (Phi) is 6.03. The van der Waals surface area contributed by atoms with Crippen LogP contribution in [0.3, 0.4) is 0 Å². The summed E-state index contributed by atoms with van der Waals surface area (Å²) in [5, 5.41) is 12.9. The summed E-state index contributed by atoms with van der Waals surface area (Å²) in [6.07, 6.45) is -1.47. The number of hydrogen-bond acceptors (Lipinski definition) is 8. The molecule has 3 heterocycles. The molecule has 2 N–H and O–H groups in total. The molecule has 0 radical (unpaired) electrons. The van der Waals surface area contributed by atoms with Gasteiger partial charge in [-0.25, -0.2) is 23.8 Å². The van der Waals surface area contributed by atoms with Crippen LogP contribution in [0.25, 0.3) is 0 Å². The molecule has 2 aliphatic rings. The van der Waals surface area contributed by atoms with Gasteiger partial charge in [-0.1, -0.05) is 0 Å². The number of methoxy groups -OCH3 is 1. The zero-order valence-electron chi connectivity index (χ0n) is 19.7. The lowest BCUT2D eigenvalue weighted by molar-refractivity contribution is -0.133. The third kappa shape index (κ3) is 3.49. The first-order chi connectivity index (χ1) is 16.1. The van der Waals surface area contributed by atoms with Gasteiger partial charge < -0.3 is 15.4 Å². The quantitative estimate of drug-likeness (QED) is 0.709. The Morgan fingerprint density at radius 1 is 1.32 bits per heavy atom. The molecule has 1 amide bonds. The lowest BCUT2D eigenvalue weighted by Gasteiger charge is -2.41. The maximum absolute atomic E-state index is 14.1. The standard InChI is InChI=1S/C23H27F2N7O2/c1-11-14(7-26)6-16(20(34-5)17(11)15-8-31(9-15)13(3)33)12(2)32-23-18(22(27)28-10-29-23)19(21(24)25)30(32)4/h6,10,12,15,19,21H,8-9H2,1-5H3,(H2,27,28,29). The Morgan fingerprint density at radius 2 is 2.00 bits per heavy atom. The van der Waals surface area contributed by atoms with E-state index in [2.05, 4.69) is 16.0 Å². The first kappa shape index (κ1) is 23.6. The molecular formula is C23H27F2N7O2. The summed E-state index contributed by atoms with van der Waals surface area (Å²) >= 11 is 0. The summed E-state index contributed by atoms with van der Waals surface area (Å²) in [4.78, 5) is 21.6. The van der Waals surface area contributed by atoms with Crippen LogP contribution in [0.2, 0.25) is 0 Å². The van der Waals surface area contributed by atoms with Gasteiger partial charge in [0.25, 0.3) is 6.43 Å². The number of nitrogens with zero attached hydrogens (tertiary/aromatic N) is 6. The predicted molar refractivity (Wildman–Crippen MR) is 121 cm³/mol. The molecule has 2 atom stereocenters. The Morgan fingerprint density at radius 3 is 2.56 bits per heavy atom. The highest BCUT2D eigenvalue weighted by Crippen LogP contribution is 2.49. The molecule has 1 fully saturated rings. The number of benzene rings is 1. The largest absolute Gasteiger partial charge is 0.496 e. The lowest BCUT2D eigenvalue weighted by Crippen LogP contribution is -2.48. The van der Waals surface area contributed by atoms with Crippen LogP contribution < -0.4 is 15.5 Å². The lowest BCUT2D eigenvalue weighted by atomic mass is 9.83. The van der Waals surface area contributed by atoms with Gasteiger partial charge in [0, 0.05) is 44.1 Å². The van der Waals surface area contributed by atoms with Crippen LogP contribution in [-0.2, 0) is 4.79 Å². The maximum atomic E-state index is 14.1. The summed E-state index contributed by atoms with van der Waals surface area (Å²) in [6.45, 7) is 6.28. The fourth-order valence-corrected chi connectivity index (χ4v) is 5.08. The van der Waals surface area contributed by atoms with Crippen LogP contribution in [0.4, 0.5) is 20.4 Å². The summed E-state index contributed by atoms with van der Waals surface area (Å²) in [6, 6.07) is 2.15. The van der Waals surface area contributed by atoms with E-state index in [1.807, 2.05) is 13.8 Å². The van der Waals surface area contributed by atoms with E-state index in [1.165, 1.54) is 18.3 Å². The second kappa shape index (κ2) is 8.68. The summed E-state index contributed by atoms with van der Waals surface area (Å²) in [5.74, 6) is 0.874. The molecule has 1 aromatic heterocycles. The van der Waals surface area contributed by atoms with Crippen molar-refractivity contribution in [1.29, 1.82) is 5.26 Å². The number of rotatable bonds is 5. The minimum atomic E-state index is -2.72. The van der Waals surface area contributed by atoms with Crippen LogP contribution in [0.5, 0.6) is 5.75 Å². The fraction of sp³-hybridized carbons (Fsp3) is 0.478. The van der Waals surface area contributed by atoms with Gasteiger partial charge in [0.1, 0.15) is 23.9 Å². The predicted octanol–water partition coefficient (Wildman–Crippen LogP) is 2.93. The molecule has 2 unspecified atom stereocenters. The van der Waals surface area contributed by atoms with Crippen LogP contribution in [0, 0.1) is 18.3 Å². The number of hydrazine groups is 1. The minimum absolute atomic E-state index is 0.00455. The summed E-state index contributed by atoms with van der Waals surface area (Å²) in [7, 11) is 3.10. The molecule has 11 heteroatoms. The zero-order valence-corrected chi connectivity index (χ0v) is 19.7. The first-order valence-electron chi connectivity index (χ1n) is 10.9. The molecule has 1 aromatic carbocycles. The number of carbonyl (C=O) groups excluding carboxylic acids is 1. The van der Waals surface area contributed by atoms with Crippen molar-refractivity contribution in [2.24, 2.45) is 0 Å². The molecule has 0 aliphatic carbocycles. The van der Waals surface area contributed by atoms with Crippen LogP contribution >= 0.6 is 0 Å². The van der Waals surface area contributed by atoms with E-state index in [9.17, 15) is 18.8 Å². The molecule has 9 nitrogen and oxygen atoms in total. The van der Waals surface area contributed by atoms with Crippen molar-refractivity contribution in [3.05, 3.63) is 40.2 Å². The number of anilines is 2. The number of halogens is 2. The number of fused-ring (bicyclic) bond motifs is 1. The van der Waals surface area contributed by atoms with E-state index in [-0.39, 0.29) is 23.2 Å². The minimum Gasteiger partial charge on any atom is -0.496 e. The van der Waals surface area contributed by atoms with Gasteiger partial charge in [0.15, 0.2) is 5.82 Å². The molecule has 0 saturated carbocycles. The number of alkyl halides is 2. The van der Waals surface area contributed by atoms with Crippen LogP contribution in [-0.4, -0.2) is 59.5 Å². The second-order valence-corrected chi connectivity index (χ2v) is 8.69. The number of likely N-dealkylation sites (tertiary alicyclic amines) is 1. The number of nitrogens with two attached hydrogens (primary N) is 1. The van der Waals surface area contributed by atoms with Gasteiger partial charge in [0.05, 0.1) is 30.3 Å². The third-order valence-corrected chi connectivity index (χ3v) is 6.88. The summed E-state index contributed by atoms with van der Waals surface area (Å²) < 4.78 is 34.0. The number of ether oxygens (including phenoxy) is 1. The van der Waals surface area contributed by atoms with Crippen molar-refractivity contribution >= 4 is 17.5 Å². The number of hydrogen-bond donors (Lipinski definition) is 1. The smallest absolute Gasteiger partial charge is 0.260 e. The number of aromatic nitrogens is 2. The van der Waals surface area contributed by atoms with Gasteiger partial charge in [0.2, 0.25) is 5.91 Å². The SMILES string of the molecule is COc1c(C(C)N2c3ncnc(N)c3C(C(F)F)N2C)cc(C#N)c(C)c1C1CN(C(C)=O)C1. The number of nitrogen functional groups attached to an aromatic ring is 1. The van der Waals surface area contributed by atoms with E-state index < -0.39 is 18.5 Å². The molecule has 2 aromatic rings. The van der Waals surface area contributed by atoms with E-state index >= 15 is 0 Å². The molecule has 2 aliphatic heterocycles. The van der Waals surface area contributed by atoms with Gasteiger partial charge in [-0.15, -0.1) is 0 Å². The highest BCUT2D eigenvalue weighted by Gasteiger charge is 2.45. The fourth-order valence-electron chi connectivity index (χ4n) is 5.08. The molecular weight excluding hydrogens is 444 g/mol. The van der Waals surface area contributed by atoms with Crippen molar-refractivity contribution in [2.75, 3.05) is 38.0 Å². The van der Waals surface area contributed by atoms with Gasteiger partial charge in [-0.2, -0.15) is 5.26 Å². The van der Waals surface area contributed by atoms with Crippen LogP contribution in [0.15, 0.2) is 12.4 Å². The second-order valence-electron chi connectivity index (χ2n) is 8.69. The molecule has 34 heavy (non-hydrogen) atoms. The molecule has 4 rings (SSSR count). The van der Waals surface area contributed by atoms with E-state index in [0.717, 1.165) is 11.1 Å². The average Bonchev–Trinajstić information content (AvgIpc) is 3.06. The number of nitriles is 1. The third-order valence-electron chi connectivity index (χ3n) is 6.88. The van der Waals surface area contributed by atoms with Crippen LogP contribution in [0.1, 0.15) is 59.7 Å². The van der Waals surface area contributed by atoms with Crippen molar-refractivity contribution < 1.29 is 18.3 Å². The van der Waals surface area contributed by atoms with E-state index in [0.29, 0.717) is 35.8 Å². The van der Waals surface area contributed by atoms with E-state index in [1.54, 1.807) is 30.1 Å². The number of carbonyl (C=O) groups is 1. The molecule has 0 spiro atoms.